The van der Waals surface area contributed by atoms with E-state index in [4.69, 9.17) is 20.2 Å². The van der Waals surface area contributed by atoms with Gasteiger partial charge in [0.15, 0.2) is 0 Å². The molecule has 0 radical (unpaired) electrons. The van der Waals surface area contributed by atoms with E-state index in [9.17, 15) is 0 Å². The van der Waals surface area contributed by atoms with Gasteiger partial charge < -0.3 is 19.8 Å². The maximum atomic E-state index is 6.60. The molecule has 20 heavy (non-hydrogen) atoms. The molecular weight excluding hydrogens is 254 g/mol. The minimum absolute atomic E-state index is 0.388. The number of nitrogens with zero attached hydrogens (tertiary/aromatic N) is 2. The Morgan fingerprint density at radius 2 is 2.15 bits per heavy atom. The lowest BCUT2D eigenvalue weighted by Crippen LogP contribution is -2.44. The molecule has 1 aromatic carbocycles. The molecule has 2 aromatic rings. The summed E-state index contributed by atoms with van der Waals surface area (Å²) in [5.41, 5.74) is 8.26. The summed E-state index contributed by atoms with van der Waals surface area (Å²) in [4.78, 5) is 4.79. The van der Waals surface area contributed by atoms with Gasteiger partial charge >= 0.3 is 0 Å². The van der Waals surface area contributed by atoms with Crippen LogP contribution in [0.4, 0.5) is 0 Å². The van der Waals surface area contributed by atoms with Crippen molar-refractivity contribution in [2.75, 3.05) is 20.3 Å². The largest absolute Gasteiger partial charge is 0.497 e. The molecule has 1 aliphatic rings. The number of rotatable bonds is 3. The highest BCUT2D eigenvalue weighted by Gasteiger charge is 2.35. The first kappa shape index (κ1) is 13.4. The van der Waals surface area contributed by atoms with Gasteiger partial charge in [0.2, 0.25) is 0 Å². The van der Waals surface area contributed by atoms with E-state index in [1.165, 1.54) is 0 Å². The van der Waals surface area contributed by atoms with Crippen molar-refractivity contribution in [3.8, 4) is 5.75 Å². The molecule has 5 nitrogen and oxygen atoms in total. The molecule has 0 amide bonds. The van der Waals surface area contributed by atoms with Crippen LogP contribution in [0.25, 0.3) is 11.0 Å². The Labute approximate surface area is 118 Å². The van der Waals surface area contributed by atoms with Gasteiger partial charge in [0.1, 0.15) is 11.6 Å². The minimum atomic E-state index is -0.388. The van der Waals surface area contributed by atoms with Gasteiger partial charge in [-0.05, 0) is 31.9 Å². The molecule has 0 bridgehead atoms. The summed E-state index contributed by atoms with van der Waals surface area (Å²) in [7, 11) is 1.67. The zero-order valence-electron chi connectivity index (χ0n) is 12.1. The molecule has 3 rings (SSSR count). The van der Waals surface area contributed by atoms with Crippen LogP contribution < -0.4 is 10.5 Å². The summed E-state index contributed by atoms with van der Waals surface area (Å²) in [6.07, 6.45) is 1.63. The molecule has 1 saturated heterocycles. The molecule has 0 unspecified atom stereocenters. The van der Waals surface area contributed by atoms with Crippen molar-refractivity contribution in [1.82, 2.24) is 9.55 Å². The lowest BCUT2D eigenvalue weighted by molar-refractivity contribution is 0.0481. The van der Waals surface area contributed by atoms with Crippen molar-refractivity contribution in [2.24, 2.45) is 5.73 Å². The van der Waals surface area contributed by atoms with Gasteiger partial charge in [0, 0.05) is 25.8 Å². The van der Waals surface area contributed by atoms with Crippen molar-refractivity contribution in [3.63, 3.8) is 0 Å². The summed E-state index contributed by atoms with van der Waals surface area (Å²) in [6, 6.07) is 5.98. The minimum Gasteiger partial charge on any atom is -0.497 e. The Balaban J connectivity index is 2.14. The molecule has 2 N–H and O–H groups in total. The van der Waals surface area contributed by atoms with Crippen LogP contribution in [0, 0.1) is 0 Å². The van der Waals surface area contributed by atoms with E-state index < -0.39 is 0 Å². The third-order valence-electron chi connectivity index (χ3n) is 4.10. The van der Waals surface area contributed by atoms with E-state index in [2.05, 4.69) is 17.6 Å². The fourth-order valence-electron chi connectivity index (χ4n) is 2.90. The number of ether oxygens (including phenoxy) is 2. The zero-order valence-corrected chi connectivity index (χ0v) is 12.1. The van der Waals surface area contributed by atoms with Crippen molar-refractivity contribution < 1.29 is 9.47 Å². The van der Waals surface area contributed by atoms with Crippen LogP contribution in [0.3, 0.4) is 0 Å². The van der Waals surface area contributed by atoms with E-state index >= 15 is 0 Å². The van der Waals surface area contributed by atoms with Gasteiger partial charge in [-0.2, -0.15) is 0 Å². The van der Waals surface area contributed by atoms with Gasteiger partial charge in [0.05, 0.1) is 23.7 Å². The van der Waals surface area contributed by atoms with Crippen molar-refractivity contribution in [1.29, 1.82) is 0 Å². The van der Waals surface area contributed by atoms with Crippen molar-refractivity contribution in [3.05, 3.63) is 24.0 Å². The summed E-state index contributed by atoms with van der Waals surface area (Å²) in [5, 5.41) is 0. The van der Waals surface area contributed by atoms with Gasteiger partial charge in [0.25, 0.3) is 0 Å². The predicted molar refractivity (Wildman–Crippen MR) is 77.9 cm³/mol. The Morgan fingerprint density at radius 1 is 1.40 bits per heavy atom. The molecule has 0 atom stereocenters. The maximum Gasteiger partial charge on any atom is 0.130 e. The van der Waals surface area contributed by atoms with Gasteiger partial charge in [-0.3, -0.25) is 0 Å². The van der Waals surface area contributed by atoms with E-state index in [1.807, 2.05) is 12.1 Å². The number of hydrogen-bond acceptors (Lipinski definition) is 4. The first-order valence-corrected chi connectivity index (χ1v) is 7.09. The molecule has 1 fully saturated rings. The number of methoxy groups -OCH3 is 1. The molecule has 2 heterocycles. The van der Waals surface area contributed by atoms with Gasteiger partial charge in [-0.15, -0.1) is 0 Å². The normalized spacial score (nSPS) is 18.4. The summed E-state index contributed by atoms with van der Waals surface area (Å²) in [6.45, 7) is 4.38. The number of imidazole rings is 1. The molecule has 0 spiro atoms. The van der Waals surface area contributed by atoms with E-state index in [0.717, 1.165) is 42.0 Å². The number of hydrogen-bond donors (Lipinski definition) is 1. The molecular formula is C15H21N3O2. The highest BCUT2D eigenvalue weighted by Crippen LogP contribution is 2.32. The average molecular weight is 275 g/mol. The molecule has 108 valence electrons. The quantitative estimate of drug-likeness (QED) is 0.931. The predicted octanol–water partition coefficient (Wildman–Crippen LogP) is 2.03. The van der Waals surface area contributed by atoms with Crippen molar-refractivity contribution in [2.45, 2.75) is 31.8 Å². The molecule has 1 aromatic heterocycles. The van der Waals surface area contributed by atoms with Crippen LogP contribution in [0.2, 0.25) is 0 Å². The Kier molecular flexibility index (Phi) is 3.40. The lowest BCUT2D eigenvalue weighted by atomic mass is 9.90. The summed E-state index contributed by atoms with van der Waals surface area (Å²) >= 11 is 0. The number of aromatic nitrogens is 2. The topological polar surface area (TPSA) is 62.3 Å². The number of nitrogens with two attached hydrogens (primary N) is 1. The number of fused-ring (bicyclic) bond motifs is 1. The van der Waals surface area contributed by atoms with Crippen LogP contribution in [0.1, 0.15) is 25.6 Å². The van der Waals surface area contributed by atoms with E-state index in [1.54, 1.807) is 7.11 Å². The third kappa shape index (κ3) is 2.07. The third-order valence-corrected chi connectivity index (χ3v) is 4.10. The molecule has 5 heteroatoms. The Morgan fingerprint density at radius 3 is 2.80 bits per heavy atom. The van der Waals surface area contributed by atoms with Crippen LogP contribution in [0.15, 0.2) is 18.2 Å². The standard InChI is InChI=1S/C15H21N3O2/c1-3-18-13-5-4-11(19-2)10-12(13)17-14(18)15(16)6-8-20-9-7-15/h4-5,10H,3,6-9,16H2,1-2H3. The highest BCUT2D eigenvalue weighted by molar-refractivity contribution is 5.78. The Bertz CT molecular complexity index is 615. The lowest BCUT2D eigenvalue weighted by Gasteiger charge is -2.33. The SMILES string of the molecule is CCn1c(C2(N)CCOCC2)nc2cc(OC)ccc21. The summed E-state index contributed by atoms with van der Waals surface area (Å²) < 4.78 is 12.9. The first-order valence-electron chi connectivity index (χ1n) is 7.09. The number of aryl methyl sites for hydroxylation is 1. The second kappa shape index (κ2) is 5.07. The van der Waals surface area contributed by atoms with Crippen LogP contribution in [-0.2, 0) is 16.8 Å². The van der Waals surface area contributed by atoms with E-state index in [0.29, 0.717) is 13.2 Å². The smallest absolute Gasteiger partial charge is 0.130 e. The van der Waals surface area contributed by atoms with Gasteiger partial charge in [-0.1, -0.05) is 0 Å². The first-order chi connectivity index (χ1) is 9.68. The summed E-state index contributed by atoms with van der Waals surface area (Å²) in [5.74, 6) is 1.79. The molecule has 0 aliphatic carbocycles. The fraction of sp³-hybridized carbons (Fsp3) is 0.533. The van der Waals surface area contributed by atoms with Gasteiger partial charge in [-0.25, -0.2) is 4.98 Å². The maximum absolute atomic E-state index is 6.60. The van der Waals surface area contributed by atoms with Crippen LogP contribution >= 0.6 is 0 Å². The van der Waals surface area contributed by atoms with Crippen LogP contribution in [0.5, 0.6) is 5.75 Å². The Hall–Kier alpha value is -1.59. The second-order valence-electron chi connectivity index (χ2n) is 5.30. The number of benzene rings is 1. The van der Waals surface area contributed by atoms with Crippen LogP contribution in [-0.4, -0.2) is 29.9 Å². The van der Waals surface area contributed by atoms with Crippen molar-refractivity contribution >= 4 is 11.0 Å². The van der Waals surface area contributed by atoms with E-state index in [-0.39, 0.29) is 5.54 Å². The monoisotopic (exact) mass is 275 g/mol. The fourth-order valence-corrected chi connectivity index (χ4v) is 2.90. The average Bonchev–Trinajstić information content (AvgIpc) is 2.86. The zero-order chi connectivity index (χ0) is 14.2. The molecule has 0 saturated carbocycles. The second-order valence-corrected chi connectivity index (χ2v) is 5.30. The molecule has 1 aliphatic heterocycles. The highest BCUT2D eigenvalue weighted by atomic mass is 16.5.